The zero-order chi connectivity index (χ0) is 9.97. The third-order valence-electron chi connectivity index (χ3n) is 1.68. The number of hydrogen-bond acceptors (Lipinski definition) is 5. The molecule has 5 nitrogen and oxygen atoms in total. The molecule has 0 aromatic carbocycles. The molecule has 0 bridgehead atoms. The van der Waals surface area contributed by atoms with Crippen molar-refractivity contribution in [2.45, 2.75) is 6.42 Å². The number of hydrogen-bond donors (Lipinski definition) is 1. The monoisotopic (exact) mass is 257 g/mol. The minimum atomic E-state index is 0.439. The summed E-state index contributed by atoms with van der Waals surface area (Å²) in [6.45, 7) is 0.505. The lowest BCUT2D eigenvalue weighted by atomic mass is 10.3. The summed E-state index contributed by atoms with van der Waals surface area (Å²) in [5.74, 6) is 1.05. The molecule has 74 valence electrons. The molecule has 2 aromatic rings. The van der Waals surface area contributed by atoms with E-state index in [4.69, 9.17) is 14.7 Å². The van der Waals surface area contributed by atoms with E-state index in [9.17, 15) is 0 Å². The van der Waals surface area contributed by atoms with E-state index in [1.807, 2.05) is 0 Å². The predicted molar refractivity (Wildman–Crippen MR) is 52.5 cm³/mol. The van der Waals surface area contributed by atoms with Gasteiger partial charge < -0.3 is 14.7 Å². The van der Waals surface area contributed by atoms with Crippen LogP contribution in [0.3, 0.4) is 0 Å². The van der Waals surface area contributed by atoms with E-state index < -0.39 is 0 Å². The van der Waals surface area contributed by atoms with Gasteiger partial charge in [0.05, 0.1) is 11.8 Å². The number of nitrogens with zero attached hydrogens (tertiary/aromatic N) is 2. The third-order valence-corrected chi connectivity index (χ3v) is 2.30. The van der Waals surface area contributed by atoms with Crippen molar-refractivity contribution in [3.63, 3.8) is 0 Å². The zero-order valence-corrected chi connectivity index (χ0v) is 8.82. The highest BCUT2D eigenvalue weighted by Crippen LogP contribution is 2.27. The summed E-state index contributed by atoms with van der Waals surface area (Å²) < 4.78 is 10.7. The SMILES string of the molecule is NCCc1noc(-c2ccoc2Br)n1. The molecule has 0 aliphatic carbocycles. The van der Waals surface area contributed by atoms with Gasteiger partial charge >= 0.3 is 0 Å². The van der Waals surface area contributed by atoms with E-state index >= 15 is 0 Å². The van der Waals surface area contributed by atoms with Crippen LogP contribution in [0.4, 0.5) is 0 Å². The van der Waals surface area contributed by atoms with Crippen molar-refractivity contribution in [1.82, 2.24) is 10.1 Å². The molecule has 0 amide bonds. The van der Waals surface area contributed by atoms with Crippen molar-refractivity contribution >= 4 is 15.9 Å². The van der Waals surface area contributed by atoms with Gasteiger partial charge in [0.1, 0.15) is 0 Å². The second-order valence-electron chi connectivity index (χ2n) is 2.66. The second-order valence-corrected chi connectivity index (χ2v) is 3.38. The Balaban J connectivity index is 2.29. The lowest BCUT2D eigenvalue weighted by Gasteiger charge is -1.86. The molecule has 2 N–H and O–H groups in total. The van der Waals surface area contributed by atoms with Crippen LogP contribution in [0.25, 0.3) is 11.5 Å². The van der Waals surface area contributed by atoms with Crippen LogP contribution in [0.15, 0.2) is 25.9 Å². The Morgan fingerprint density at radius 1 is 1.50 bits per heavy atom. The van der Waals surface area contributed by atoms with Crippen molar-refractivity contribution in [2.75, 3.05) is 6.54 Å². The van der Waals surface area contributed by atoms with E-state index in [1.54, 1.807) is 12.3 Å². The molecule has 0 aliphatic heterocycles. The van der Waals surface area contributed by atoms with E-state index in [0.717, 1.165) is 5.56 Å². The summed E-state index contributed by atoms with van der Waals surface area (Å²) in [5, 5.41) is 3.77. The maximum absolute atomic E-state index is 5.37. The van der Waals surface area contributed by atoms with Crippen LogP contribution in [-0.4, -0.2) is 16.7 Å². The Bertz CT molecular complexity index is 424. The van der Waals surface area contributed by atoms with Crippen molar-refractivity contribution in [2.24, 2.45) is 5.73 Å². The summed E-state index contributed by atoms with van der Waals surface area (Å²) in [6, 6.07) is 1.75. The van der Waals surface area contributed by atoms with Crippen LogP contribution in [-0.2, 0) is 6.42 Å². The van der Waals surface area contributed by atoms with Gasteiger partial charge in [-0.05, 0) is 28.5 Å². The average molecular weight is 258 g/mol. The Hall–Kier alpha value is -1.14. The molecule has 14 heavy (non-hydrogen) atoms. The third kappa shape index (κ3) is 1.71. The van der Waals surface area contributed by atoms with E-state index in [1.165, 1.54) is 0 Å². The van der Waals surface area contributed by atoms with Crippen molar-refractivity contribution in [3.05, 3.63) is 22.8 Å². The lowest BCUT2D eigenvalue weighted by Crippen LogP contribution is -2.03. The fourth-order valence-electron chi connectivity index (χ4n) is 1.04. The topological polar surface area (TPSA) is 78.1 Å². The smallest absolute Gasteiger partial charge is 0.262 e. The van der Waals surface area contributed by atoms with Gasteiger partial charge in [-0.1, -0.05) is 5.16 Å². The molecular weight excluding hydrogens is 250 g/mol. The van der Waals surface area contributed by atoms with Crippen LogP contribution < -0.4 is 5.73 Å². The largest absolute Gasteiger partial charge is 0.457 e. The predicted octanol–water partition coefficient (Wildman–Crippen LogP) is 1.59. The van der Waals surface area contributed by atoms with Gasteiger partial charge in [0.2, 0.25) is 0 Å². The first-order valence-corrected chi connectivity index (χ1v) is 4.86. The van der Waals surface area contributed by atoms with Crippen LogP contribution in [0.2, 0.25) is 0 Å². The molecular formula is C8H8BrN3O2. The Kier molecular flexibility index (Phi) is 2.64. The summed E-state index contributed by atoms with van der Waals surface area (Å²) in [7, 11) is 0. The highest BCUT2D eigenvalue weighted by atomic mass is 79.9. The molecule has 6 heteroatoms. The highest BCUT2D eigenvalue weighted by molar-refractivity contribution is 9.10. The molecule has 2 heterocycles. The zero-order valence-electron chi connectivity index (χ0n) is 7.24. The molecule has 0 saturated heterocycles. The van der Waals surface area contributed by atoms with Crippen LogP contribution >= 0.6 is 15.9 Å². The molecule has 0 radical (unpaired) electrons. The fourth-order valence-corrected chi connectivity index (χ4v) is 1.45. The fraction of sp³-hybridized carbons (Fsp3) is 0.250. The first kappa shape index (κ1) is 9.42. The normalized spacial score (nSPS) is 10.7. The quantitative estimate of drug-likeness (QED) is 0.904. The number of furan rings is 1. The molecule has 0 unspecified atom stereocenters. The second kappa shape index (κ2) is 3.93. The van der Waals surface area contributed by atoms with Crippen molar-refractivity contribution < 1.29 is 8.94 Å². The summed E-state index contributed by atoms with van der Waals surface area (Å²) in [5.41, 5.74) is 6.12. The first-order chi connectivity index (χ1) is 6.81. The highest BCUT2D eigenvalue weighted by Gasteiger charge is 2.13. The van der Waals surface area contributed by atoms with Crippen molar-refractivity contribution in [1.29, 1.82) is 0 Å². The van der Waals surface area contributed by atoms with E-state index in [-0.39, 0.29) is 0 Å². The van der Waals surface area contributed by atoms with E-state index in [0.29, 0.717) is 29.4 Å². The standard InChI is InChI=1S/C8H8BrN3O2/c9-7-5(2-4-13-7)8-11-6(1-3-10)12-14-8/h2,4H,1,3,10H2. The first-order valence-electron chi connectivity index (χ1n) is 4.07. The maximum Gasteiger partial charge on any atom is 0.262 e. The number of rotatable bonds is 3. The maximum atomic E-state index is 5.37. The Morgan fingerprint density at radius 2 is 2.36 bits per heavy atom. The summed E-state index contributed by atoms with van der Waals surface area (Å²) in [4.78, 5) is 4.16. The van der Waals surface area contributed by atoms with Gasteiger partial charge in [0.15, 0.2) is 10.5 Å². The number of nitrogens with two attached hydrogens (primary N) is 1. The Morgan fingerprint density at radius 3 is 3.00 bits per heavy atom. The van der Waals surface area contributed by atoms with Crippen LogP contribution in [0.1, 0.15) is 5.82 Å². The molecule has 0 aliphatic rings. The number of halogens is 1. The van der Waals surface area contributed by atoms with Crippen molar-refractivity contribution in [3.8, 4) is 11.5 Å². The van der Waals surface area contributed by atoms with Gasteiger partial charge in [0.25, 0.3) is 5.89 Å². The van der Waals surface area contributed by atoms with E-state index in [2.05, 4.69) is 26.1 Å². The molecule has 0 fully saturated rings. The summed E-state index contributed by atoms with van der Waals surface area (Å²) >= 11 is 3.23. The van der Waals surface area contributed by atoms with Gasteiger partial charge in [-0.25, -0.2) is 0 Å². The minimum Gasteiger partial charge on any atom is -0.457 e. The van der Waals surface area contributed by atoms with Gasteiger partial charge in [0, 0.05) is 6.42 Å². The minimum absolute atomic E-state index is 0.439. The molecule has 0 saturated carbocycles. The molecule has 0 atom stereocenters. The molecule has 2 rings (SSSR count). The molecule has 0 spiro atoms. The Labute approximate surface area is 88.4 Å². The van der Waals surface area contributed by atoms with Crippen LogP contribution in [0, 0.1) is 0 Å². The van der Waals surface area contributed by atoms with Crippen LogP contribution in [0.5, 0.6) is 0 Å². The number of aromatic nitrogens is 2. The average Bonchev–Trinajstić information content (AvgIpc) is 2.74. The van der Waals surface area contributed by atoms with Gasteiger partial charge in [-0.15, -0.1) is 0 Å². The summed E-state index contributed by atoms with van der Waals surface area (Å²) in [6.07, 6.45) is 2.16. The van der Waals surface area contributed by atoms with Gasteiger partial charge in [-0.2, -0.15) is 4.98 Å². The van der Waals surface area contributed by atoms with Gasteiger partial charge in [-0.3, -0.25) is 0 Å². The molecule has 2 aromatic heterocycles. The lowest BCUT2D eigenvalue weighted by molar-refractivity contribution is 0.421.